The van der Waals surface area contributed by atoms with Gasteiger partial charge >= 0.3 is 5.97 Å². The van der Waals surface area contributed by atoms with Crippen molar-refractivity contribution in [2.24, 2.45) is 5.41 Å². The summed E-state index contributed by atoms with van der Waals surface area (Å²) in [5.41, 5.74) is -0.824. The van der Waals surface area contributed by atoms with Gasteiger partial charge in [-0.3, -0.25) is 9.59 Å². The van der Waals surface area contributed by atoms with Gasteiger partial charge in [-0.15, -0.1) is 0 Å². The quantitative estimate of drug-likeness (QED) is 0.290. The molecule has 0 heterocycles. The molecule has 19 heavy (non-hydrogen) atoms. The summed E-state index contributed by atoms with van der Waals surface area (Å²) in [6.07, 6.45) is 10.5. The van der Waals surface area contributed by atoms with Gasteiger partial charge in [0.05, 0.1) is 0 Å². The summed E-state index contributed by atoms with van der Waals surface area (Å²) >= 11 is 0. The van der Waals surface area contributed by atoms with E-state index in [1.807, 2.05) is 19.1 Å². The third-order valence-electron chi connectivity index (χ3n) is 3.85. The lowest BCUT2D eigenvalue weighted by Crippen LogP contribution is -2.37. The van der Waals surface area contributed by atoms with Crippen LogP contribution in [0.2, 0.25) is 0 Å². The van der Waals surface area contributed by atoms with E-state index in [1.165, 1.54) is 0 Å². The Morgan fingerprint density at radius 1 is 1.32 bits per heavy atom. The van der Waals surface area contributed by atoms with E-state index >= 15 is 0 Å². The van der Waals surface area contributed by atoms with E-state index in [0.717, 1.165) is 32.1 Å². The molecule has 1 saturated carbocycles. The van der Waals surface area contributed by atoms with Crippen LogP contribution >= 0.6 is 0 Å². The van der Waals surface area contributed by atoms with Crippen molar-refractivity contribution in [3.63, 3.8) is 0 Å². The van der Waals surface area contributed by atoms with E-state index in [4.69, 9.17) is 4.74 Å². The molecule has 1 rings (SSSR count). The molecule has 0 aromatic rings. The van der Waals surface area contributed by atoms with Crippen LogP contribution in [0.25, 0.3) is 0 Å². The van der Waals surface area contributed by atoms with Crippen molar-refractivity contribution in [1.29, 1.82) is 0 Å². The molecule has 0 aromatic carbocycles. The summed E-state index contributed by atoms with van der Waals surface area (Å²) < 4.78 is 5.29. The highest BCUT2D eigenvalue weighted by molar-refractivity contribution is 6.05. The maximum absolute atomic E-state index is 12.3. The Bertz CT molecular complexity index is 333. The molecule has 0 aromatic heterocycles. The molecular weight excluding hydrogens is 240 g/mol. The Morgan fingerprint density at radius 2 is 2.11 bits per heavy atom. The fourth-order valence-electron chi connectivity index (χ4n) is 2.69. The minimum absolute atomic E-state index is 0.0908. The monoisotopic (exact) mass is 266 g/mol. The molecule has 0 radical (unpaired) electrons. The molecule has 0 N–H and O–H groups in total. The number of unbranched alkanes of at least 4 members (excludes halogenated alkanes) is 2. The Balaban J connectivity index is 2.60. The highest BCUT2D eigenvalue weighted by atomic mass is 16.5. The fraction of sp³-hybridized carbons (Fsp3) is 0.750. The summed E-state index contributed by atoms with van der Waals surface area (Å²) in [4.78, 5) is 24.4. The molecular formula is C16H26O3. The number of hydrogen-bond acceptors (Lipinski definition) is 3. The Kier molecular flexibility index (Phi) is 6.82. The van der Waals surface area contributed by atoms with E-state index in [-0.39, 0.29) is 18.4 Å². The molecule has 1 atom stereocenters. The number of hydrogen-bond donors (Lipinski definition) is 0. The topological polar surface area (TPSA) is 43.4 Å². The molecule has 0 spiro atoms. The SMILES string of the molecule is CCC=CCOC(=O)C1(CCCCC)CCCC1=O. The third-order valence-corrected chi connectivity index (χ3v) is 3.85. The van der Waals surface area contributed by atoms with Gasteiger partial charge in [0.2, 0.25) is 0 Å². The lowest BCUT2D eigenvalue weighted by Gasteiger charge is -2.24. The standard InChI is InChI=1S/C16H26O3/c1-3-5-7-11-16(12-9-10-14(16)17)15(18)19-13-8-6-4-2/h6,8H,3-5,7,9-13H2,1-2H3. The lowest BCUT2D eigenvalue weighted by atomic mass is 9.80. The smallest absolute Gasteiger partial charge is 0.319 e. The van der Waals surface area contributed by atoms with E-state index < -0.39 is 5.41 Å². The molecule has 3 heteroatoms. The Hall–Kier alpha value is -1.12. The second-order valence-corrected chi connectivity index (χ2v) is 5.29. The van der Waals surface area contributed by atoms with Crippen LogP contribution in [0.3, 0.4) is 0 Å². The van der Waals surface area contributed by atoms with Crippen LogP contribution in [-0.4, -0.2) is 18.4 Å². The van der Waals surface area contributed by atoms with E-state index in [1.54, 1.807) is 0 Å². The normalized spacial score (nSPS) is 23.2. The van der Waals surface area contributed by atoms with Crippen LogP contribution in [0.5, 0.6) is 0 Å². The number of carbonyl (C=O) groups excluding carboxylic acids is 2. The van der Waals surface area contributed by atoms with Gasteiger partial charge in [-0.2, -0.15) is 0 Å². The zero-order chi connectivity index (χ0) is 14.1. The predicted octanol–water partition coefficient (Wildman–Crippen LogP) is 3.82. The number of ether oxygens (including phenoxy) is 1. The van der Waals surface area contributed by atoms with Crippen molar-refractivity contribution >= 4 is 11.8 Å². The molecule has 0 amide bonds. The van der Waals surface area contributed by atoms with Gasteiger partial charge in [0.15, 0.2) is 0 Å². The summed E-state index contributed by atoms with van der Waals surface area (Å²) in [6, 6.07) is 0. The van der Waals surface area contributed by atoms with Gasteiger partial charge in [-0.05, 0) is 25.7 Å². The van der Waals surface area contributed by atoms with Crippen LogP contribution in [0.1, 0.15) is 65.2 Å². The molecule has 0 saturated heterocycles. The average Bonchev–Trinajstić information content (AvgIpc) is 2.77. The van der Waals surface area contributed by atoms with Crippen molar-refractivity contribution < 1.29 is 14.3 Å². The first-order valence-corrected chi connectivity index (χ1v) is 7.53. The highest BCUT2D eigenvalue weighted by Gasteiger charge is 2.48. The molecule has 108 valence electrons. The van der Waals surface area contributed by atoms with E-state index in [2.05, 4.69) is 6.92 Å². The van der Waals surface area contributed by atoms with Crippen molar-refractivity contribution in [3.8, 4) is 0 Å². The number of ketones is 1. The van der Waals surface area contributed by atoms with Crippen LogP contribution in [-0.2, 0) is 14.3 Å². The van der Waals surface area contributed by atoms with Gasteiger partial charge in [-0.1, -0.05) is 45.3 Å². The van der Waals surface area contributed by atoms with E-state index in [0.29, 0.717) is 19.3 Å². The van der Waals surface area contributed by atoms with Crippen LogP contribution < -0.4 is 0 Å². The first-order valence-electron chi connectivity index (χ1n) is 7.53. The Labute approximate surface area is 116 Å². The lowest BCUT2D eigenvalue weighted by molar-refractivity contribution is -0.158. The molecule has 1 aliphatic carbocycles. The number of esters is 1. The van der Waals surface area contributed by atoms with Crippen LogP contribution in [0, 0.1) is 5.41 Å². The summed E-state index contributed by atoms with van der Waals surface area (Å²) in [7, 11) is 0. The molecule has 1 aliphatic rings. The molecule has 0 bridgehead atoms. The van der Waals surface area contributed by atoms with Crippen molar-refractivity contribution in [2.75, 3.05) is 6.61 Å². The van der Waals surface area contributed by atoms with Gasteiger partial charge in [0.1, 0.15) is 17.8 Å². The summed E-state index contributed by atoms with van der Waals surface area (Å²) in [6.45, 7) is 4.44. The van der Waals surface area contributed by atoms with Gasteiger partial charge in [0.25, 0.3) is 0 Å². The third kappa shape index (κ3) is 4.19. The van der Waals surface area contributed by atoms with E-state index in [9.17, 15) is 9.59 Å². The fourth-order valence-corrected chi connectivity index (χ4v) is 2.69. The summed E-state index contributed by atoms with van der Waals surface area (Å²) in [5.74, 6) is -0.208. The van der Waals surface area contributed by atoms with Gasteiger partial charge < -0.3 is 4.74 Å². The predicted molar refractivity (Wildman–Crippen MR) is 75.8 cm³/mol. The Morgan fingerprint density at radius 3 is 2.68 bits per heavy atom. The molecule has 1 fully saturated rings. The van der Waals surface area contributed by atoms with Crippen molar-refractivity contribution in [3.05, 3.63) is 12.2 Å². The van der Waals surface area contributed by atoms with Crippen molar-refractivity contribution in [2.45, 2.75) is 65.2 Å². The van der Waals surface area contributed by atoms with Gasteiger partial charge in [-0.25, -0.2) is 0 Å². The minimum atomic E-state index is -0.824. The number of rotatable bonds is 8. The van der Waals surface area contributed by atoms with Crippen LogP contribution in [0.15, 0.2) is 12.2 Å². The second kappa shape index (κ2) is 8.13. The number of allylic oxidation sites excluding steroid dienone is 1. The van der Waals surface area contributed by atoms with Crippen molar-refractivity contribution in [1.82, 2.24) is 0 Å². The maximum atomic E-state index is 12.3. The zero-order valence-electron chi connectivity index (χ0n) is 12.2. The highest BCUT2D eigenvalue weighted by Crippen LogP contribution is 2.40. The average molecular weight is 266 g/mol. The molecule has 1 unspecified atom stereocenters. The first-order chi connectivity index (χ1) is 9.17. The number of Topliss-reactive ketones (excluding diaryl/α,β-unsaturated/α-hetero) is 1. The first kappa shape index (κ1) is 15.9. The summed E-state index contributed by atoms with van der Waals surface area (Å²) in [5, 5.41) is 0. The zero-order valence-corrected chi connectivity index (χ0v) is 12.2. The number of carbonyl (C=O) groups is 2. The minimum Gasteiger partial charge on any atom is -0.461 e. The largest absolute Gasteiger partial charge is 0.461 e. The maximum Gasteiger partial charge on any atom is 0.319 e. The van der Waals surface area contributed by atoms with Crippen LogP contribution in [0.4, 0.5) is 0 Å². The molecule has 3 nitrogen and oxygen atoms in total. The van der Waals surface area contributed by atoms with Gasteiger partial charge in [0, 0.05) is 6.42 Å². The second-order valence-electron chi connectivity index (χ2n) is 5.29. The molecule has 0 aliphatic heterocycles.